The van der Waals surface area contributed by atoms with Gasteiger partial charge in [0.05, 0.1) is 5.52 Å². The second-order valence-corrected chi connectivity index (χ2v) is 9.06. The van der Waals surface area contributed by atoms with Gasteiger partial charge in [0.15, 0.2) is 0 Å². The first-order valence-corrected chi connectivity index (χ1v) is 10.4. The fourth-order valence-electron chi connectivity index (χ4n) is 4.87. The zero-order valence-corrected chi connectivity index (χ0v) is 16.8. The van der Waals surface area contributed by atoms with Crippen LogP contribution in [0.15, 0.2) is 30.3 Å². The van der Waals surface area contributed by atoms with Crippen LogP contribution in [0.4, 0.5) is 5.82 Å². The average molecular weight is 366 g/mol. The second-order valence-electron chi connectivity index (χ2n) is 9.06. The molecular formula is C23H31N3O. The van der Waals surface area contributed by atoms with Crippen molar-refractivity contribution >= 4 is 22.6 Å². The van der Waals surface area contributed by atoms with Gasteiger partial charge < -0.3 is 10.2 Å². The summed E-state index contributed by atoms with van der Waals surface area (Å²) in [5.74, 6) is 1.37. The molecule has 4 rings (SSSR count). The van der Waals surface area contributed by atoms with Crippen molar-refractivity contribution in [3.63, 3.8) is 0 Å². The summed E-state index contributed by atoms with van der Waals surface area (Å²) in [6, 6.07) is 11.0. The molecule has 1 aliphatic heterocycles. The number of nitrogens with zero attached hydrogens (tertiary/aromatic N) is 2. The Hall–Kier alpha value is -2.10. The minimum Gasteiger partial charge on any atom is -0.356 e. The number of carbonyl (C=O) groups excluding carboxylic acids is 1. The first-order chi connectivity index (χ1) is 12.9. The van der Waals surface area contributed by atoms with Gasteiger partial charge in [0.1, 0.15) is 5.82 Å². The summed E-state index contributed by atoms with van der Waals surface area (Å²) in [6.07, 6.45) is 5.68. The number of nitrogens with one attached hydrogen (secondary N) is 1. The van der Waals surface area contributed by atoms with E-state index < -0.39 is 0 Å². The summed E-state index contributed by atoms with van der Waals surface area (Å²) >= 11 is 0. The zero-order chi connectivity index (χ0) is 19.0. The molecule has 2 fully saturated rings. The van der Waals surface area contributed by atoms with Crippen LogP contribution in [-0.2, 0) is 4.79 Å². The Bertz CT molecular complexity index is 839. The third kappa shape index (κ3) is 3.67. The Morgan fingerprint density at radius 1 is 1.15 bits per heavy atom. The first-order valence-electron chi connectivity index (χ1n) is 10.4. The van der Waals surface area contributed by atoms with E-state index in [1.165, 1.54) is 23.8 Å². The average Bonchev–Trinajstić information content (AvgIpc) is 3.14. The first kappa shape index (κ1) is 18.3. The van der Waals surface area contributed by atoms with Gasteiger partial charge in [-0.05, 0) is 49.3 Å². The lowest BCUT2D eigenvalue weighted by Crippen LogP contribution is -2.52. The lowest BCUT2D eigenvalue weighted by molar-refractivity contribution is -0.130. The summed E-state index contributed by atoms with van der Waals surface area (Å²) in [5.41, 5.74) is 2.22. The highest BCUT2D eigenvalue weighted by atomic mass is 16.2. The maximum atomic E-state index is 12.9. The highest BCUT2D eigenvalue weighted by Gasteiger charge is 2.41. The smallest absolute Gasteiger partial charge is 0.224 e. The summed E-state index contributed by atoms with van der Waals surface area (Å²) in [6.45, 7) is 8.31. The zero-order valence-electron chi connectivity index (χ0n) is 16.8. The number of anilines is 1. The predicted molar refractivity (Wildman–Crippen MR) is 111 cm³/mol. The fraction of sp³-hybridized carbons (Fsp3) is 0.565. The molecule has 1 saturated carbocycles. The quantitative estimate of drug-likeness (QED) is 0.874. The lowest BCUT2D eigenvalue weighted by atomic mass is 9.73. The molecule has 0 bridgehead atoms. The van der Waals surface area contributed by atoms with Gasteiger partial charge in [0.2, 0.25) is 5.91 Å². The van der Waals surface area contributed by atoms with E-state index >= 15 is 0 Å². The Balaban J connectivity index is 1.50. The number of rotatable bonds is 3. The van der Waals surface area contributed by atoms with E-state index in [0.29, 0.717) is 6.04 Å². The molecule has 2 aliphatic rings. The molecule has 1 aliphatic carbocycles. The molecule has 0 radical (unpaired) electrons. The van der Waals surface area contributed by atoms with Gasteiger partial charge in [-0.2, -0.15) is 0 Å². The van der Waals surface area contributed by atoms with E-state index in [1.807, 2.05) is 0 Å². The van der Waals surface area contributed by atoms with Crippen LogP contribution in [0.3, 0.4) is 0 Å². The molecule has 1 saturated heterocycles. The standard InChI is InChI=1S/C23H31N3O/c1-16-7-6-8-17-11-12-20(25-21(16)17)26-14-13-19(23(2,3)15-26)22(27)24-18-9-4-5-10-18/h6-8,11-12,18-19H,4-5,9-10,13-15H2,1-3H3,(H,24,27)/t19-/m1/s1. The van der Waals surface area contributed by atoms with Gasteiger partial charge in [0, 0.05) is 30.4 Å². The molecule has 1 aromatic carbocycles. The molecule has 2 heterocycles. The predicted octanol–water partition coefficient (Wildman–Crippen LogP) is 4.45. The Labute approximate surface area is 162 Å². The van der Waals surface area contributed by atoms with Crippen molar-refractivity contribution in [2.75, 3.05) is 18.0 Å². The van der Waals surface area contributed by atoms with E-state index in [9.17, 15) is 4.79 Å². The molecule has 4 heteroatoms. The minimum atomic E-state index is -0.0662. The largest absolute Gasteiger partial charge is 0.356 e. The highest BCUT2D eigenvalue weighted by Crippen LogP contribution is 2.37. The second kappa shape index (κ2) is 7.14. The summed E-state index contributed by atoms with van der Waals surface area (Å²) < 4.78 is 0. The van der Waals surface area contributed by atoms with Crippen molar-refractivity contribution in [3.05, 3.63) is 35.9 Å². The van der Waals surface area contributed by atoms with Crippen molar-refractivity contribution < 1.29 is 4.79 Å². The maximum Gasteiger partial charge on any atom is 0.224 e. The minimum absolute atomic E-state index is 0.0662. The molecule has 0 unspecified atom stereocenters. The number of fused-ring (bicyclic) bond motifs is 1. The molecule has 1 N–H and O–H groups in total. The number of aryl methyl sites for hydroxylation is 1. The summed E-state index contributed by atoms with van der Waals surface area (Å²) in [7, 11) is 0. The molecule has 2 aromatic rings. The van der Waals surface area contributed by atoms with E-state index in [2.05, 4.69) is 61.3 Å². The van der Waals surface area contributed by atoms with Gasteiger partial charge in [-0.3, -0.25) is 4.79 Å². The molecule has 144 valence electrons. The molecule has 1 aromatic heterocycles. The maximum absolute atomic E-state index is 12.9. The van der Waals surface area contributed by atoms with Gasteiger partial charge >= 0.3 is 0 Å². The highest BCUT2D eigenvalue weighted by molar-refractivity contribution is 5.83. The topological polar surface area (TPSA) is 45.2 Å². The molecular weight excluding hydrogens is 334 g/mol. The van der Waals surface area contributed by atoms with Crippen molar-refractivity contribution in [1.82, 2.24) is 10.3 Å². The van der Waals surface area contributed by atoms with Crippen LogP contribution in [0.2, 0.25) is 0 Å². The molecule has 1 amide bonds. The Morgan fingerprint density at radius 3 is 2.67 bits per heavy atom. The van der Waals surface area contributed by atoms with Crippen LogP contribution in [0.1, 0.15) is 51.5 Å². The van der Waals surface area contributed by atoms with E-state index in [0.717, 1.165) is 43.7 Å². The summed E-state index contributed by atoms with van der Waals surface area (Å²) in [5, 5.41) is 4.50. The van der Waals surface area contributed by atoms with Gasteiger partial charge in [-0.25, -0.2) is 4.98 Å². The van der Waals surface area contributed by atoms with Gasteiger partial charge in [-0.1, -0.05) is 44.9 Å². The van der Waals surface area contributed by atoms with Crippen LogP contribution in [0.5, 0.6) is 0 Å². The van der Waals surface area contributed by atoms with Crippen LogP contribution in [-0.4, -0.2) is 30.0 Å². The van der Waals surface area contributed by atoms with Crippen molar-refractivity contribution in [2.24, 2.45) is 11.3 Å². The van der Waals surface area contributed by atoms with Crippen molar-refractivity contribution in [1.29, 1.82) is 0 Å². The van der Waals surface area contributed by atoms with Crippen LogP contribution in [0, 0.1) is 18.3 Å². The van der Waals surface area contributed by atoms with Gasteiger partial charge in [-0.15, -0.1) is 0 Å². The SMILES string of the molecule is Cc1cccc2ccc(N3CC[C@H](C(=O)NC4CCCC4)C(C)(C)C3)nc12. The van der Waals surface area contributed by atoms with Crippen LogP contribution in [0.25, 0.3) is 10.9 Å². The Kier molecular flexibility index (Phi) is 4.83. The number of pyridine rings is 1. The number of carbonyl (C=O) groups is 1. The molecule has 0 spiro atoms. The lowest BCUT2D eigenvalue weighted by Gasteiger charge is -2.44. The number of benzene rings is 1. The van der Waals surface area contributed by atoms with Crippen molar-refractivity contribution in [3.8, 4) is 0 Å². The third-order valence-corrected chi connectivity index (χ3v) is 6.48. The van der Waals surface area contributed by atoms with Crippen LogP contribution < -0.4 is 10.2 Å². The number of hydrogen-bond donors (Lipinski definition) is 1. The van der Waals surface area contributed by atoms with Crippen molar-refractivity contribution in [2.45, 2.75) is 58.9 Å². The fourth-order valence-corrected chi connectivity index (χ4v) is 4.87. The number of piperidine rings is 1. The number of para-hydroxylation sites is 1. The normalized spacial score (nSPS) is 22.9. The van der Waals surface area contributed by atoms with E-state index in [-0.39, 0.29) is 17.2 Å². The molecule has 4 nitrogen and oxygen atoms in total. The molecule has 27 heavy (non-hydrogen) atoms. The molecule has 1 atom stereocenters. The summed E-state index contributed by atoms with van der Waals surface area (Å²) in [4.78, 5) is 20.2. The third-order valence-electron chi connectivity index (χ3n) is 6.48. The van der Waals surface area contributed by atoms with Crippen LogP contribution >= 0.6 is 0 Å². The Morgan fingerprint density at radius 2 is 1.93 bits per heavy atom. The monoisotopic (exact) mass is 365 g/mol. The number of hydrogen-bond acceptors (Lipinski definition) is 3. The van der Waals surface area contributed by atoms with Gasteiger partial charge in [0.25, 0.3) is 0 Å². The number of amides is 1. The number of aromatic nitrogens is 1. The van der Waals surface area contributed by atoms with E-state index in [1.54, 1.807) is 0 Å². The van der Waals surface area contributed by atoms with E-state index in [4.69, 9.17) is 4.98 Å².